The topological polar surface area (TPSA) is 16.4 Å². The van der Waals surface area contributed by atoms with Gasteiger partial charge in [0, 0.05) is 42.3 Å². The summed E-state index contributed by atoms with van der Waals surface area (Å²) < 4.78 is 8.80. The average Bonchev–Trinajstić information content (AvgIpc) is 3.75. The molecule has 0 unspecified atom stereocenters. The second-order valence-electron chi connectivity index (χ2n) is 12.5. The number of rotatable bonds is 5. The highest BCUT2D eigenvalue weighted by Gasteiger charge is 2.19. The molecule has 0 fully saturated rings. The molecule has 0 aliphatic rings. The van der Waals surface area contributed by atoms with E-state index in [1.807, 2.05) is 23.5 Å². The summed E-state index contributed by atoms with van der Waals surface area (Å²) in [5, 5.41) is 7.31. The summed E-state index contributed by atoms with van der Waals surface area (Å²) in [7, 11) is 0. The van der Waals surface area contributed by atoms with Gasteiger partial charge in [-0.15, -0.1) is 11.3 Å². The largest absolute Gasteiger partial charge is 0.456 e. The Morgan fingerprint density at radius 2 is 1.00 bits per heavy atom. The zero-order valence-electron chi connectivity index (χ0n) is 26.5. The van der Waals surface area contributed by atoms with Crippen molar-refractivity contribution in [3.63, 3.8) is 0 Å². The van der Waals surface area contributed by atoms with E-state index < -0.39 is 0 Å². The fourth-order valence-electron chi connectivity index (χ4n) is 7.33. The molecule has 2 aromatic heterocycles. The first-order chi connectivity index (χ1) is 24.3. The maximum atomic E-state index is 6.21. The number of hydrogen-bond acceptors (Lipinski definition) is 3. The smallest absolute Gasteiger partial charge is 0.136 e. The van der Waals surface area contributed by atoms with E-state index in [9.17, 15) is 0 Å². The minimum Gasteiger partial charge on any atom is -0.456 e. The van der Waals surface area contributed by atoms with Gasteiger partial charge in [0.05, 0.1) is 5.69 Å². The molecule has 0 spiro atoms. The van der Waals surface area contributed by atoms with E-state index in [2.05, 4.69) is 169 Å². The third-order valence-corrected chi connectivity index (χ3v) is 10.8. The highest BCUT2D eigenvalue weighted by molar-refractivity contribution is 7.26. The number of fused-ring (bicyclic) bond motifs is 8. The molecule has 49 heavy (non-hydrogen) atoms. The molecular weight excluding hydrogens is 615 g/mol. The molecule has 10 aromatic rings. The number of para-hydroxylation sites is 1. The van der Waals surface area contributed by atoms with Gasteiger partial charge in [0.25, 0.3) is 0 Å². The highest BCUT2D eigenvalue weighted by atomic mass is 32.1. The first-order valence-corrected chi connectivity index (χ1v) is 17.4. The molecule has 10 rings (SSSR count). The predicted octanol–water partition coefficient (Wildman–Crippen LogP) is 13.9. The Balaban J connectivity index is 1.11. The molecule has 0 aliphatic carbocycles. The van der Waals surface area contributed by atoms with Crippen LogP contribution in [0.15, 0.2) is 180 Å². The van der Waals surface area contributed by atoms with Gasteiger partial charge in [-0.3, -0.25) is 0 Å². The van der Waals surface area contributed by atoms with E-state index >= 15 is 0 Å². The number of hydrogen-bond donors (Lipinski definition) is 0. The molecule has 8 aromatic carbocycles. The summed E-state index contributed by atoms with van der Waals surface area (Å²) in [6.07, 6.45) is 0. The van der Waals surface area contributed by atoms with Gasteiger partial charge in [0.2, 0.25) is 0 Å². The molecule has 0 radical (unpaired) electrons. The highest BCUT2D eigenvalue weighted by Crippen LogP contribution is 2.45. The lowest BCUT2D eigenvalue weighted by molar-refractivity contribution is 0.669. The summed E-state index contributed by atoms with van der Waals surface area (Å²) >= 11 is 1.85. The number of benzene rings is 8. The van der Waals surface area contributed by atoms with E-state index in [0.717, 1.165) is 27.9 Å². The Bertz CT molecular complexity index is 2810. The van der Waals surface area contributed by atoms with Crippen molar-refractivity contribution in [3.05, 3.63) is 176 Å². The number of anilines is 3. The van der Waals surface area contributed by atoms with Gasteiger partial charge in [-0.25, -0.2) is 0 Å². The monoisotopic (exact) mass is 643 g/mol. The maximum Gasteiger partial charge on any atom is 0.136 e. The van der Waals surface area contributed by atoms with Gasteiger partial charge in [-0.2, -0.15) is 0 Å². The third-order valence-electron chi connectivity index (χ3n) is 9.67. The Labute approximate surface area is 287 Å². The van der Waals surface area contributed by atoms with Crippen LogP contribution >= 0.6 is 11.3 Å². The second-order valence-corrected chi connectivity index (χ2v) is 13.6. The van der Waals surface area contributed by atoms with Crippen molar-refractivity contribution >= 4 is 81.3 Å². The molecule has 0 saturated heterocycles. The SMILES string of the molecule is c1ccc(-c2ccc(N(c3ccc(-c4ccc5ccc6oc7ccccc7c6c5c4)cc3)c3cccc4sc5ccccc5c34)cc2)cc1. The first kappa shape index (κ1) is 27.9. The molecule has 230 valence electrons. The van der Waals surface area contributed by atoms with E-state index in [1.165, 1.54) is 64.3 Å². The third kappa shape index (κ3) is 4.62. The average molecular weight is 644 g/mol. The van der Waals surface area contributed by atoms with Gasteiger partial charge in [-0.1, -0.05) is 115 Å². The lowest BCUT2D eigenvalue weighted by Crippen LogP contribution is -2.10. The van der Waals surface area contributed by atoms with E-state index in [-0.39, 0.29) is 0 Å². The van der Waals surface area contributed by atoms with Crippen molar-refractivity contribution < 1.29 is 4.42 Å². The number of nitrogens with zero attached hydrogens (tertiary/aromatic N) is 1. The van der Waals surface area contributed by atoms with Gasteiger partial charge in [0.1, 0.15) is 11.2 Å². The van der Waals surface area contributed by atoms with Crippen LogP contribution in [0.4, 0.5) is 17.1 Å². The first-order valence-electron chi connectivity index (χ1n) is 16.6. The zero-order valence-corrected chi connectivity index (χ0v) is 27.3. The predicted molar refractivity (Wildman–Crippen MR) is 210 cm³/mol. The van der Waals surface area contributed by atoms with Crippen molar-refractivity contribution in [3.8, 4) is 22.3 Å². The molecule has 2 nitrogen and oxygen atoms in total. The summed E-state index contributed by atoms with van der Waals surface area (Å²) in [5.74, 6) is 0. The molecule has 0 amide bonds. The van der Waals surface area contributed by atoms with Crippen LogP contribution in [0.3, 0.4) is 0 Å². The standard InChI is InChI=1S/C46H29NOS/c1-2-9-30(10-3-1)31-19-24-35(25-20-31)47(40-13-8-16-44-46(40)38-12-5-7-15-43(38)49-44)36-26-21-32(22-27-36)34-18-17-33-23-28-42-45(39(33)29-34)37-11-4-6-14-41(37)48-42/h1-29H. The molecule has 0 atom stereocenters. The Kier molecular flexibility index (Phi) is 6.39. The Morgan fingerprint density at radius 3 is 1.80 bits per heavy atom. The maximum absolute atomic E-state index is 6.21. The second kappa shape index (κ2) is 11.2. The summed E-state index contributed by atoms with van der Waals surface area (Å²) in [6.45, 7) is 0. The van der Waals surface area contributed by atoms with Crippen LogP contribution in [-0.2, 0) is 0 Å². The summed E-state index contributed by atoms with van der Waals surface area (Å²) in [4.78, 5) is 2.40. The van der Waals surface area contributed by atoms with Crippen LogP contribution in [0.1, 0.15) is 0 Å². The van der Waals surface area contributed by atoms with Crippen LogP contribution < -0.4 is 4.90 Å². The fraction of sp³-hybridized carbons (Fsp3) is 0. The zero-order chi connectivity index (χ0) is 32.3. The van der Waals surface area contributed by atoms with E-state index in [4.69, 9.17) is 4.42 Å². The molecule has 0 N–H and O–H groups in total. The normalized spacial score (nSPS) is 11.7. The lowest BCUT2D eigenvalue weighted by Gasteiger charge is -2.27. The lowest BCUT2D eigenvalue weighted by atomic mass is 9.97. The van der Waals surface area contributed by atoms with Crippen molar-refractivity contribution in [1.29, 1.82) is 0 Å². The van der Waals surface area contributed by atoms with Crippen molar-refractivity contribution in [1.82, 2.24) is 0 Å². The quantitative estimate of drug-likeness (QED) is 0.186. The van der Waals surface area contributed by atoms with Crippen LogP contribution in [-0.4, -0.2) is 0 Å². The Hall–Kier alpha value is -6.16. The minimum atomic E-state index is 0.921. The van der Waals surface area contributed by atoms with Crippen LogP contribution in [0.2, 0.25) is 0 Å². The van der Waals surface area contributed by atoms with Crippen molar-refractivity contribution in [2.24, 2.45) is 0 Å². The van der Waals surface area contributed by atoms with Crippen molar-refractivity contribution in [2.45, 2.75) is 0 Å². The van der Waals surface area contributed by atoms with Crippen LogP contribution in [0.5, 0.6) is 0 Å². The van der Waals surface area contributed by atoms with E-state index in [0.29, 0.717) is 0 Å². The number of furan rings is 1. The molecule has 3 heteroatoms. The molecule has 0 saturated carbocycles. The minimum absolute atomic E-state index is 0.921. The summed E-state index contributed by atoms with van der Waals surface area (Å²) in [6, 6.07) is 63.3. The van der Waals surface area contributed by atoms with E-state index in [1.54, 1.807) is 0 Å². The number of thiophene rings is 1. The molecule has 0 bridgehead atoms. The molecule has 2 heterocycles. The van der Waals surface area contributed by atoms with Crippen LogP contribution in [0.25, 0.3) is 75.1 Å². The van der Waals surface area contributed by atoms with Crippen LogP contribution in [0, 0.1) is 0 Å². The fourth-order valence-corrected chi connectivity index (χ4v) is 8.46. The molecular formula is C46H29NOS. The molecule has 0 aliphatic heterocycles. The van der Waals surface area contributed by atoms with Gasteiger partial charge in [0.15, 0.2) is 0 Å². The van der Waals surface area contributed by atoms with Gasteiger partial charge >= 0.3 is 0 Å². The van der Waals surface area contributed by atoms with Gasteiger partial charge in [-0.05, 0) is 93.7 Å². The summed E-state index contributed by atoms with van der Waals surface area (Å²) in [5.41, 5.74) is 10.0. The van der Waals surface area contributed by atoms with Gasteiger partial charge < -0.3 is 9.32 Å². The Morgan fingerprint density at radius 1 is 0.388 bits per heavy atom. The van der Waals surface area contributed by atoms with Crippen molar-refractivity contribution in [2.75, 3.05) is 4.90 Å².